The molecule has 0 bridgehead atoms. The number of ether oxygens (including phenoxy) is 2. The van der Waals surface area contributed by atoms with Crippen molar-refractivity contribution in [2.75, 3.05) is 19.5 Å². The second kappa shape index (κ2) is 6.39. The van der Waals surface area contributed by atoms with E-state index in [0.717, 1.165) is 16.7 Å². The number of nitrogens with one attached hydrogen (secondary N) is 1. The number of carbonyl (C=O) groups is 1. The van der Waals surface area contributed by atoms with Crippen LogP contribution in [0.3, 0.4) is 0 Å². The van der Waals surface area contributed by atoms with E-state index < -0.39 is 5.82 Å². The number of amides is 2. The molecule has 0 spiro atoms. The van der Waals surface area contributed by atoms with E-state index in [4.69, 9.17) is 9.47 Å². The van der Waals surface area contributed by atoms with Crippen LogP contribution < -0.4 is 14.8 Å². The number of halogens is 1. The zero-order valence-electron chi connectivity index (χ0n) is 13.9. The molecule has 24 heavy (non-hydrogen) atoms. The molecule has 0 aliphatic carbocycles. The van der Waals surface area contributed by atoms with Gasteiger partial charge in [-0.2, -0.15) is 0 Å². The zero-order chi connectivity index (χ0) is 17.3. The Bertz CT molecular complexity index is 792. The fraction of sp³-hybridized carbons (Fsp3) is 0.278. The zero-order valence-corrected chi connectivity index (χ0v) is 13.9. The van der Waals surface area contributed by atoms with Crippen molar-refractivity contribution in [2.24, 2.45) is 0 Å². The van der Waals surface area contributed by atoms with E-state index >= 15 is 0 Å². The van der Waals surface area contributed by atoms with Gasteiger partial charge in [0.25, 0.3) is 0 Å². The van der Waals surface area contributed by atoms with Crippen molar-refractivity contribution in [1.29, 1.82) is 0 Å². The minimum Gasteiger partial charge on any atom is -0.497 e. The number of urea groups is 1. The maximum absolute atomic E-state index is 14.3. The van der Waals surface area contributed by atoms with Gasteiger partial charge in [0.1, 0.15) is 17.2 Å². The molecule has 1 heterocycles. The highest BCUT2D eigenvalue weighted by Gasteiger charge is 2.26. The summed E-state index contributed by atoms with van der Waals surface area (Å²) >= 11 is 0. The molecule has 1 aliphatic heterocycles. The Balaban J connectivity index is 1.81. The molecule has 5 nitrogen and oxygen atoms in total. The van der Waals surface area contributed by atoms with Crippen molar-refractivity contribution >= 4 is 11.7 Å². The molecule has 0 atom stereocenters. The number of carbonyl (C=O) groups excluding carboxylic acids is 1. The second-order valence-electron chi connectivity index (χ2n) is 5.69. The summed E-state index contributed by atoms with van der Waals surface area (Å²) in [6, 6.07) is 8.37. The molecule has 0 aromatic heterocycles. The van der Waals surface area contributed by atoms with E-state index in [0.29, 0.717) is 18.8 Å². The molecule has 0 fully saturated rings. The second-order valence-corrected chi connectivity index (χ2v) is 5.69. The summed E-state index contributed by atoms with van der Waals surface area (Å²) in [5.41, 5.74) is 3.43. The van der Waals surface area contributed by atoms with Crippen LogP contribution in [0.5, 0.6) is 11.5 Å². The summed E-state index contributed by atoms with van der Waals surface area (Å²) < 4.78 is 24.4. The third kappa shape index (κ3) is 2.87. The number of benzene rings is 2. The van der Waals surface area contributed by atoms with Gasteiger partial charge in [-0.05, 0) is 23.6 Å². The number of hydrogen-bond donors (Lipinski definition) is 1. The lowest BCUT2D eigenvalue weighted by atomic mass is 10.1. The maximum Gasteiger partial charge on any atom is 0.322 e. The number of methoxy groups -OCH3 is 2. The minimum atomic E-state index is -0.604. The number of rotatable bonds is 3. The monoisotopic (exact) mass is 330 g/mol. The topological polar surface area (TPSA) is 50.8 Å². The first kappa shape index (κ1) is 16.1. The maximum atomic E-state index is 14.3. The molecule has 2 aromatic carbocycles. The summed E-state index contributed by atoms with van der Waals surface area (Å²) in [4.78, 5) is 14.2. The lowest BCUT2D eigenvalue weighted by Gasteiger charge is -2.18. The normalized spacial score (nSPS) is 12.8. The Morgan fingerprint density at radius 1 is 1.21 bits per heavy atom. The van der Waals surface area contributed by atoms with E-state index in [1.807, 2.05) is 25.1 Å². The Morgan fingerprint density at radius 3 is 2.67 bits per heavy atom. The van der Waals surface area contributed by atoms with Crippen LogP contribution >= 0.6 is 0 Å². The molecule has 0 saturated heterocycles. The lowest BCUT2D eigenvalue weighted by Crippen LogP contribution is -2.30. The quantitative estimate of drug-likeness (QED) is 0.933. The van der Waals surface area contributed by atoms with Gasteiger partial charge >= 0.3 is 6.03 Å². The van der Waals surface area contributed by atoms with Crippen molar-refractivity contribution in [1.82, 2.24) is 4.90 Å². The summed E-state index contributed by atoms with van der Waals surface area (Å²) in [5, 5.41) is 2.61. The molecule has 1 N–H and O–H groups in total. The summed E-state index contributed by atoms with van der Waals surface area (Å²) in [5.74, 6) is -0.0629. The van der Waals surface area contributed by atoms with Gasteiger partial charge in [0, 0.05) is 25.2 Å². The van der Waals surface area contributed by atoms with Crippen molar-refractivity contribution in [3.63, 3.8) is 0 Å². The standard InChI is InChI=1S/C18H19FN2O3/c1-11-5-4-6-12-9-21(10-14(11)12)18(22)20-17-15(19)7-13(23-2)8-16(17)24-3/h4-8H,9-10H2,1-3H3,(H,20,22). The molecule has 3 rings (SSSR count). The van der Waals surface area contributed by atoms with Crippen LogP contribution in [0, 0.1) is 12.7 Å². The smallest absolute Gasteiger partial charge is 0.322 e. The molecular formula is C18H19FN2O3. The number of aryl methyl sites for hydroxylation is 1. The van der Waals surface area contributed by atoms with Crippen LogP contribution in [0.1, 0.15) is 16.7 Å². The van der Waals surface area contributed by atoms with Gasteiger partial charge < -0.3 is 19.7 Å². The molecule has 0 saturated carbocycles. The SMILES string of the molecule is COc1cc(F)c(NC(=O)N2Cc3cccc(C)c3C2)c(OC)c1. The Labute approximate surface area is 140 Å². The predicted octanol–water partition coefficient (Wildman–Crippen LogP) is 3.70. The average Bonchev–Trinajstić information content (AvgIpc) is 3.02. The van der Waals surface area contributed by atoms with E-state index in [1.54, 1.807) is 4.90 Å². The molecule has 0 radical (unpaired) electrons. The third-order valence-electron chi connectivity index (χ3n) is 4.22. The molecule has 2 amide bonds. The molecule has 0 unspecified atom stereocenters. The first-order valence-electron chi connectivity index (χ1n) is 7.58. The molecule has 6 heteroatoms. The highest BCUT2D eigenvalue weighted by Crippen LogP contribution is 2.33. The predicted molar refractivity (Wildman–Crippen MR) is 88.9 cm³/mol. The fourth-order valence-corrected chi connectivity index (χ4v) is 2.88. The van der Waals surface area contributed by atoms with E-state index in [9.17, 15) is 9.18 Å². The average molecular weight is 330 g/mol. The van der Waals surface area contributed by atoms with Gasteiger partial charge in [-0.15, -0.1) is 0 Å². The Morgan fingerprint density at radius 2 is 2.00 bits per heavy atom. The van der Waals surface area contributed by atoms with E-state index in [1.165, 1.54) is 26.4 Å². The first-order valence-corrected chi connectivity index (χ1v) is 7.58. The summed E-state index contributed by atoms with van der Waals surface area (Å²) in [6.07, 6.45) is 0. The molecule has 1 aliphatic rings. The molecule has 2 aromatic rings. The van der Waals surface area contributed by atoms with Gasteiger partial charge in [0.2, 0.25) is 0 Å². The van der Waals surface area contributed by atoms with Gasteiger partial charge in [0.15, 0.2) is 5.82 Å². The van der Waals surface area contributed by atoms with Gasteiger partial charge in [-0.25, -0.2) is 9.18 Å². The Hall–Kier alpha value is -2.76. The van der Waals surface area contributed by atoms with Crippen LogP contribution in [0.2, 0.25) is 0 Å². The fourth-order valence-electron chi connectivity index (χ4n) is 2.88. The molecule has 126 valence electrons. The van der Waals surface area contributed by atoms with Crippen LogP contribution in [-0.4, -0.2) is 25.2 Å². The highest BCUT2D eigenvalue weighted by molar-refractivity contribution is 5.91. The lowest BCUT2D eigenvalue weighted by molar-refractivity contribution is 0.212. The van der Waals surface area contributed by atoms with Crippen LogP contribution in [0.4, 0.5) is 14.9 Å². The van der Waals surface area contributed by atoms with E-state index in [-0.39, 0.29) is 17.5 Å². The summed E-state index contributed by atoms with van der Waals surface area (Å²) in [6.45, 7) is 3.03. The van der Waals surface area contributed by atoms with Crippen molar-refractivity contribution in [3.8, 4) is 11.5 Å². The number of hydrogen-bond acceptors (Lipinski definition) is 3. The van der Waals surface area contributed by atoms with Gasteiger partial charge in [-0.3, -0.25) is 0 Å². The van der Waals surface area contributed by atoms with Crippen molar-refractivity contribution in [2.45, 2.75) is 20.0 Å². The van der Waals surface area contributed by atoms with Crippen molar-refractivity contribution in [3.05, 3.63) is 52.8 Å². The molecular weight excluding hydrogens is 311 g/mol. The third-order valence-corrected chi connectivity index (χ3v) is 4.22. The van der Waals surface area contributed by atoms with Crippen molar-refractivity contribution < 1.29 is 18.7 Å². The van der Waals surface area contributed by atoms with Crippen LogP contribution in [0.15, 0.2) is 30.3 Å². The van der Waals surface area contributed by atoms with E-state index in [2.05, 4.69) is 5.32 Å². The number of nitrogens with zero attached hydrogens (tertiary/aromatic N) is 1. The number of anilines is 1. The minimum absolute atomic E-state index is 0.0102. The Kier molecular flexibility index (Phi) is 4.29. The van der Waals surface area contributed by atoms with Crippen LogP contribution in [0.25, 0.3) is 0 Å². The first-order chi connectivity index (χ1) is 11.5. The van der Waals surface area contributed by atoms with Gasteiger partial charge in [0.05, 0.1) is 14.2 Å². The largest absolute Gasteiger partial charge is 0.497 e. The summed E-state index contributed by atoms with van der Waals surface area (Å²) in [7, 11) is 2.86. The van der Waals surface area contributed by atoms with Gasteiger partial charge in [-0.1, -0.05) is 18.2 Å². The number of fused-ring (bicyclic) bond motifs is 1. The highest BCUT2D eigenvalue weighted by atomic mass is 19.1. The van der Waals surface area contributed by atoms with Crippen LogP contribution in [-0.2, 0) is 13.1 Å².